The van der Waals surface area contributed by atoms with E-state index in [1.807, 2.05) is 30.3 Å². The number of carboxylic acids is 2. The number of nitrogens with one attached hydrogen (secondary N) is 1. The molecule has 1 aliphatic rings. The molecule has 2 rings (SSSR count). The van der Waals surface area contributed by atoms with Crippen molar-refractivity contribution in [2.75, 3.05) is 24.6 Å². The van der Waals surface area contributed by atoms with Crippen molar-refractivity contribution < 1.29 is 24.6 Å². The molecular formula is C22H33N3O5S. The van der Waals surface area contributed by atoms with Gasteiger partial charge in [-0.1, -0.05) is 30.3 Å². The zero-order valence-corrected chi connectivity index (χ0v) is 18.6. The monoisotopic (exact) mass is 451 g/mol. The second-order valence-electron chi connectivity index (χ2n) is 7.71. The average molecular weight is 452 g/mol. The minimum absolute atomic E-state index is 0.324. The van der Waals surface area contributed by atoms with Gasteiger partial charge >= 0.3 is 11.9 Å². The lowest BCUT2D eigenvalue weighted by Crippen LogP contribution is -2.54. The molecule has 0 bridgehead atoms. The Kier molecular flexibility index (Phi) is 10.8. The van der Waals surface area contributed by atoms with Gasteiger partial charge in [-0.25, -0.2) is 4.79 Å². The van der Waals surface area contributed by atoms with Crippen LogP contribution in [-0.2, 0) is 20.8 Å². The molecule has 9 heteroatoms. The third-order valence-electron chi connectivity index (χ3n) is 5.43. The van der Waals surface area contributed by atoms with Crippen LogP contribution < -0.4 is 11.1 Å². The maximum absolute atomic E-state index is 13.2. The standard InChI is InChI=1S/C22H33N3O5S/c23-12-5-14-31-15-11-17(20(26)25-13-4-8-19(25)22(29)30)24-18(21(27)28)10-9-16-6-2-1-3-7-16/h1-3,6-7,17-19,24H,4-5,8-15,23H2,(H,27,28)(H,29,30)/t17-,18?,19-/m0/s1. The van der Waals surface area contributed by atoms with E-state index < -0.39 is 30.1 Å². The van der Waals surface area contributed by atoms with E-state index in [1.165, 1.54) is 4.90 Å². The predicted molar refractivity (Wildman–Crippen MR) is 121 cm³/mol. The first-order valence-corrected chi connectivity index (χ1v) is 11.9. The molecular weight excluding hydrogens is 418 g/mol. The Morgan fingerprint density at radius 3 is 2.52 bits per heavy atom. The largest absolute Gasteiger partial charge is 0.480 e. The van der Waals surface area contributed by atoms with Crippen LogP contribution in [0, 0.1) is 0 Å². The van der Waals surface area contributed by atoms with Crippen molar-refractivity contribution in [1.82, 2.24) is 10.2 Å². The fourth-order valence-corrected chi connectivity index (χ4v) is 4.71. The van der Waals surface area contributed by atoms with Crippen LogP contribution in [0.25, 0.3) is 0 Å². The Morgan fingerprint density at radius 2 is 1.87 bits per heavy atom. The SMILES string of the molecule is NCCCSCC[C@H](NC(CCc1ccccc1)C(=O)O)C(=O)N1CCC[C@H]1C(=O)O. The van der Waals surface area contributed by atoms with Gasteiger partial charge in [-0.05, 0) is 62.1 Å². The predicted octanol–water partition coefficient (Wildman–Crippen LogP) is 1.58. The molecule has 172 valence electrons. The summed E-state index contributed by atoms with van der Waals surface area (Å²) in [6.45, 7) is 0.984. The van der Waals surface area contributed by atoms with Crippen LogP contribution in [0.2, 0.25) is 0 Å². The summed E-state index contributed by atoms with van der Waals surface area (Å²) in [7, 11) is 0. The lowest BCUT2D eigenvalue weighted by atomic mass is 10.0. The molecule has 1 aromatic carbocycles. The topological polar surface area (TPSA) is 133 Å². The van der Waals surface area contributed by atoms with Gasteiger partial charge in [0, 0.05) is 6.54 Å². The molecule has 1 fully saturated rings. The number of nitrogens with zero attached hydrogens (tertiary/aromatic N) is 1. The van der Waals surface area contributed by atoms with E-state index in [2.05, 4.69) is 5.32 Å². The molecule has 8 nitrogen and oxygen atoms in total. The molecule has 1 unspecified atom stereocenters. The summed E-state index contributed by atoms with van der Waals surface area (Å²) < 4.78 is 0. The van der Waals surface area contributed by atoms with Crippen LogP contribution in [0.1, 0.15) is 37.7 Å². The fourth-order valence-electron chi connectivity index (χ4n) is 3.73. The first kappa shape index (κ1) is 25.2. The van der Waals surface area contributed by atoms with Crippen molar-refractivity contribution in [3.8, 4) is 0 Å². The summed E-state index contributed by atoms with van der Waals surface area (Å²) in [5.41, 5.74) is 6.55. The third-order valence-corrected chi connectivity index (χ3v) is 6.53. The number of aryl methyl sites for hydroxylation is 1. The maximum Gasteiger partial charge on any atom is 0.326 e. The summed E-state index contributed by atoms with van der Waals surface area (Å²) in [6.07, 6.45) is 3.28. The zero-order valence-electron chi connectivity index (χ0n) is 17.7. The van der Waals surface area contributed by atoms with Crippen LogP contribution in [0.3, 0.4) is 0 Å². The number of likely N-dealkylation sites (tertiary alicyclic amines) is 1. The van der Waals surface area contributed by atoms with E-state index in [0.29, 0.717) is 50.9 Å². The Labute approximate surface area is 187 Å². The van der Waals surface area contributed by atoms with Crippen molar-refractivity contribution >= 4 is 29.6 Å². The van der Waals surface area contributed by atoms with Gasteiger partial charge < -0.3 is 20.8 Å². The normalized spacial score (nSPS) is 18.0. The van der Waals surface area contributed by atoms with Crippen LogP contribution in [0.5, 0.6) is 0 Å². The van der Waals surface area contributed by atoms with E-state index in [0.717, 1.165) is 17.7 Å². The Balaban J connectivity index is 2.06. The molecule has 1 aromatic rings. The number of hydrogen-bond donors (Lipinski definition) is 4. The van der Waals surface area contributed by atoms with E-state index in [1.54, 1.807) is 11.8 Å². The first-order valence-electron chi connectivity index (χ1n) is 10.8. The first-order chi connectivity index (χ1) is 14.9. The number of rotatable bonds is 14. The molecule has 1 aliphatic heterocycles. The molecule has 0 saturated carbocycles. The molecule has 0 radical (unpaired) electrons. The quantitative estimate of drug-likeness (QED) is 0.313. The summed E-state index contributed by atoms with van der Waals surface area (Å²) in [4.78, 5) is 38.0. The van der Waals surface area contributed by atoms with Crippen LogP contribution in [0.15, 0.2) is 30.3 Å². The van der Waals surface area contributed by atoms with Gasteiger partial charge in [0.15, 0.2) is 0 Å². The highest BCUT2D eigenvalue weighted by Crippen LogP contribution is 2.20. The van der Waals surface area contributed by atoms with E-state index in [9.17, 15) is 24.6 Å². The molecule has 1 amide bonds. The second-order valence-corrected chi connectivity index (χ2v) is 8.93. The van der Waals surface area contributed by atoms with Crippen molar-refractivity contribution in [2.24, 2.45) is 5.73 Å². The average Bonchev–Trinajstić information content (AvgIpc) is 3.25. The summed E-state index contributed by atoms with van der Waals surface area (Å²) in [6, 6.07) is 7.13. The summed E-state index contributed by atoms with van der Waals surface area (Å²) >= 11 is 1.66. The van der Waals surface area contributed by atoms with Crippen molar-refractivity contribution in [3.63, 3.8) is 0 Å². The molecule has 0 spiro atoms. The van der Waals surface area contributed by atoms with Crippen molar-refractivity contribution in [3.05, 3.63) is 35.9 Å². The summed E-state index contributed by atoms with van der Waals surface area (Å²) in [5.74, 6) is -0.813. The van der Waals surface area contributed by atoms with Gasteiger partial charge in [0.05, 0.1) is 6.04 Å². The van der Waals surface area contributed by atoms with Gasteiger partial charge in [-0.15, -0.1) is 0 Å². The van der Waals surface area contributed by atoms with Gasteiger partial charge in [-0.2, -0.15) is 11.8 Å². The highest BCUT2D eigenvalue weighted by atomic mass is 32.2. The smallest absolute Gasteiger partial charge is 0.326 e. The van der Waals surface area contributed by atoms with Crippen LogP contribution in [0.4, 0.5) is 0 Å². The Morgan fingerprint density at radius 1 is 1.13 bits per heavy atom. The number of carbonyl (C=O) groups excluding carboxylic acids is 1. The zero-order chi connectivity index (χ0) is 22.6. The highest BCUT2D eigenvalue weighted by Gasteiger charge is 2.38. The van der Waals surface area contributed by atoms with Gasteiger partial charge in [0.2, 0.25) is 5.91 Å². The number of amides is 1. The lowest BCUT2D eigenvalue weighted by Gasteiger charge is -2.29. The third kappa shape index (κ3) is 8.16. The number of hydrogen-bond acceptors (Lipinski definition) is 6. The highest BCUT2D eigenvalue weighted by molar-refractivity contribution is 7.99. The molecule has 0 aliphatic carbocycles. The van der Waals surface area contributed by atoms with E-state index in [-0.39, 0.29) is 5.91 Å². The molecule has 1 saturated heterocycles. The van der Waals surface area contributed by atoms with Crippen LogP contribution >= 0.6 is 11.8 Å². The maximum atomic E-state index is 13.2. The lowest BCUT2D eigenvalue weighted by molar-refractivity contribution is -0.149. The van der Waals surface area contributed by atoms with Crippen molar-refractivity contribution in [2.45, 2.75) is 56.7 Å². The number of benzene rings is 1. The minimum Gasteiger partial charge on any atom is -0.480 e. The van der Waals surface area contributed by atoms with Crippen LogP contribution in [-0.4, -0.2) is 75.7 Å². The molecule has 3 atom stereocenters. The Bertz CT molecular complexity index is 718. The van der Waals surface area contributed by atoms with E-state index in [4.69, 9.17) is 5.73 Å². The second kappa shape index (κ2) is 13.3. The van der Waals surface area contributed by atoms with Crippen molar-refractivity contribution in [1.29, 1.82) is 0 Å². The number of carboxylic acid groups (broad SMARTS) is 2. The van der Waals surface area contributed by atoms with Gasteiger partial charge in [0.25, 0.3) is 0 Å². The molecule has 31 heavy (non-hydrogen) atoms. The van der Waals surface area contributed by atoms with Gasteiger partial charge in [0.1, 0.15) is 12.1 Å². The number of carbonyl (C=O) groups is 3. The van der Waals surface area contributed by atoms with E-state index >= 15 is 0 Å². The molecule has 5 N–H and O–H groups in total. The number of aliphatic carboxylic acids is 2. The molecule has 1 heterocycles. The number of nitrogens with two attached hydrogens (primary N) is 1. The Hall–Kier alpha value is -2.10. The minimum atomic E-state index is -1.01. The molecule has 0 aromatic heterocycles. The fraction of sp³-hybridized carbons (Fsp3) is 0.591. The number of thioether (sulfide) groups is 1. The van der Waals surface area contributed by atoms with Gasteiger partial charge in [-0.3, -0.25) is 14.9 Å². The summed E-state index contributed by atoms with van der Waals surface area (Å²) in [5, 5.41) is 22.2.